The summed E-state index contributed by atoms with van der Waals surface area (Å²) in [4.78, 5) is 2.43. The molecule has 1 nitrogen and oxygen atoms in total. The molecule has 0 radical (unpaired) electrons. The molecule has 76 valence electrons. The maximum absolute atomic E-state index is 2.43. The number of hydrogen-bond acceptors (Lipinski definition) is 1. The highest BCUT2D eigenvalue weighted by Gasteiger charge is 2.12. The molecule has 0 bridgehead atoms. The van der Waals surface area contributed by atoms with Crippen molar-refractivity contribution < 1.29 is 0 Å². The first kappa shape index (κ1) is 14.5. The van der Waals surface area contributed by atoms with E-state index in [1.807, 2.05) is 27.7 Å². The van der Waals surface area contributed by atoms with Crippen LogP contribution in [0.2, 0.25) is 0 Å². The zero-order valence-corrected chi connectivity index (χ0v) is 9.85. The summed E-state index contributed by atoms with van der Waals surface area (Å²) in [5, 5.41) is 0. The van der Waals surface area contributed by atoms with E-state index in [2.05, 4.69) is 18.9 Å². The van der Waals surface area contributed by atoms with E-state index in [0.717, 1.165) is 6.04 Å². The SMILES string of the molecule is CC.CC.CC1CCCCN1C. The summed E-state index contributed by atoms with van der Waals surface area (Å²) in [5.41, 5.74) is 0. The molecule has 0 aromatic heterocycles. The van der Waals surface area contributed by atoms with Crippen molar-refractivity contribution in [3.63, 3.8) is 0 Å². The lowest BCUT2D eigenvalue weighted by atomic mass is 10.1. The second-order valence-corrected chi connectivity index (χ2v) is 2.83. The topological polar surface area (TPSA) is 3.24 Å². The van der Waals surface area contributed by atoms with Crippen LogP contribution in [0.1, 0.15) is 53.9 Å². The fourth-order valence-electron chi connectivity index (χ4n) is 1.24. The van der Waals surface area contributed by atoms with Gasteiger partial charge in [0.15, 0.2) is 0 Å². The molecule has 1 fully saturated rings. The van der Waals surface area contributed by atoms with Crippen LogP contribution < -0.4 is 0 Å². The number of nitrogens with zero attached hydrogens (tertiary/aromatic N) is 1. The molecule has 0 aromatic rings. The lowest BCUT2D eigenvalue weighted by Gasteiger charge is -2.29. The van der Waals surface area contributed by atoms with Gasteiger partial charge in [-0.05, 0) is 33.4 Å². The van der Waals surface area contributed by atoms with Gasteiger partial charge >= 0.3 is 0 Å². The second kappa shape index (κ2) is 11.0. The van der Waals surface area contributed by atoms with E-state index in [-0.39, 0.29) is 0 Å². The van der Waals surface area contributed by atoms with Crippen molar-refractivity contribution >= 4 is 0 Å². The van der Waals surface area contributed by atoms with E-state index in [0.29, 0.717) is 0 Å². The van der Waals surface area contributed by atoms with E-state index >= 15 is 0 Å². The third-order valence-corrected chi connectivity index (χ3v) is 2.14. The number of rotatable bonds is 0. The Hall–Kier alpha value is -0.0400. The van der Waals surface area contributed by atoms with E-state index in [1.165, 1.54) is 25.8 Å². The zero-order chi connectivity index (χ0) is 9.98. The standard InChI is InChI=1S/C7H15N.2C2H6/c1-7-5-3-4-6-8(7)2;2*1-2/h7H,3-6H2,1-2H3;2*1-2H3. The molecule has 1 rings (SSSR count). The molecule has 1 aliphatic rings. The van der Waals surface area contributed by atoms with Crippen molar-refractivity contribution in [1.29, 1.82) is 0 Å². The predicted molar refractivity (Wildman–Crippen MR) is 58.6 cm³/mol. The van der Waals surface area contributed by atoms with Gasteiger partial charge in [-0.2, -0.15) is 0 Å². The highest BCUT2D eigenvalue weighted by molar-refractivity contribution is 4.68. The van der Waals surface area contributed by atoms with Gasteiger partial charge in [0.2, 0.25) is 0 Å². The molecule has 1 unspecified atom stereocenters. The Morgan fingerprint density at radius 3 is 1.75 bits per heavy atom. The third kappa shape index (κ3) is 6.66. The quantitative estimate of drug-likeness (QED) is 0.541. The van der Waals surface area contributed by atoms with Gasteiger partial charge in [-0.1, -0.05) is 34.1 Å². The summed E-state index contributed by atoms with van der Waals surface area (Å²) in [6.45, 7) is 11.6. The van der Waals surface area contributed by atoms with Crippen LogP contribution in [-0.4, -0.2) is 24.5 Å². The fraction of sp³-hybridized carbons (Fsp3) is 1.00. The van der Waals surface area contributed by atoms with Crippen LogP contribution in [-0.2, 0) is 0 Å². The Balaban J connectivity index is 0. The number of hydrogen-bond donors (Lipinski definition) is 0. The minimum atomic E-state index is 0.837. The lowest BCUT2D eigenvalue weighted by Crippen LogP contribution is -2.33. The average Bonchev–Trinajstić information content (AvgIpc) is 2.17. The third-order valence-electron chi connectivity index (χ3n) is 2.14. The van der Waals surface area contributed by atoms with Crippen LogP contribution >= 0.6 is 0 Å². The van der Waals surface area contributed by atoms with Crippen molar-refractivity contribution in [3.8, 4) is 0 Å². The van der Waals surface area contributed by atoms with E-state index in [4.69, 9.17) is 0 Å². The van der Waals surface area contributed by atoms with Crippen molar-refractivity contribution in [3.05, 3.63) is 0 Å². The summed E-state index contributed by atoms with van der Waals surface area (Å²) in [6, 6.07) is 0.837. The largest absolute Gasteiger partial charge is 0.304 e. The lowest BCUT2D eigenvalue weighted by molar-refractivity contribution is 0.200. The van der Waals surface area contributed by atoms with Crippen molar-refractivity contribution in [2.45, 2.75) is 59.9 Å². The second-order valence-electron chi connectivity index (χ2n) is 2.83. The van der Waals surface area contributed by atoms with Crippen molar-refractivity contribution in [2.24, 2.45) is 0 Å². The molecule has 0 amide bonds. The van der Waals surface area contributed by atoms with Crippen LogP contribution in [0.15, 0.2) is 0 Å². The highest BCUT2D eigenvalue weighted by Crippen LogP contribution is 2.13. The van der Waals surface area contributed by atoms with Gasteiger partial charge in [-0.25, -0.2) is 0 Å². The van der Waals surface area contributed by atoms with Gasteiger partial charge in [-0.15, -0.1) is 0 Å². The monoisotopic (exact) mass is 173 g/mol. The van der Waals surface area contributed by atoms with Gasteiger partial charge in [0, 0.05) is 6.04 Å². The minimum absolute atomic E-state index is 0.837. The van der Waals surface area contributed by atoms with E-state index in [9.17, 15) is 0 Å². The molecule has 1 saturated heterocycles. The summed E-state index contributed by atoms with van der Waals surface area (Å²) in [6.07, 6.45) is 4.24. The normalized spacial score (nSPS) is 23.0. The molecule has 0 aromatic carbocycles. The van der Waals surface area contributed by atoms with Crippen LogP contribution in [0.5, 0.6) is 0 Å². The first-order valence-electron chi connectivity index (χ1n) is 5.51. The summed E-state index contributed by atoms with van der Waals surface area (Å²) in [5.74, 6) is 0. The molecule has 0 saturated carbocycles. The molecule has 0 N–H and O–H groups in total. The molecule has 1 aliphatic heterocycles. The number of likely N-dealkylation sites (tertiary alicyclic amines) is 1. The van der Waals surface area contributed by atoms with Gasteiger partial charge in [0.25, 0.3) is 0 Å². The van der Waals surface area contributed by atoms with Gasteiger partial charge in [-0.3, -0.25) is 0 Å². The average molecular weight is 173 g/mol. The maximum Gasteiger partial charge on any atom is 0.00638 e. The summed E-state index contributed by atoms with van der Waals surface area (Å²) >= 11 is 0. The van der Waals surface area contributed by atoms with Gasteiger partial charge < -0.3 is 4.90 Å². The molecular formula is C11H27N. The molecule has 1 atom stereocenters. The molecule has 0 aliphatic carbocycles. The summed E-state index contributed by atoms with van der Waals surface area (Å²) in [7, 11) is 2.21. The smallest absolute Gasteiger partial charge is 0.00638 e. The fourth-order valence-corrected chi connectivity index (χ4v) is 1.24. The highest BCUT2D eigenvalue weighted by atomic mass is 15.1. The van der Waals surface area contributed by atoms with Crippen LogP contribution in [0.3, 0.4) is 0 Å². The molecule has 1 heterocycles. The van der Waals surface area contributed by atoms with E-state index in [1.54, 1.807) is 0 Å². The van der Waals surface area contributed by atoms with Gasteiger partial charge in [0.05, 0.1) is 0 Å². The first-order valence-corrected chi connectivity index (χ1v) is 5.51. The minimum Gasteiger partial charge on any atom is -0.304 e. The molecular weight excluding hydrogens is 146 g/mol. The van der Waals surface area contributed by atoms with E-state index < -0.39 is 0 Å². The summed E-state index contributed by atoms with van der Waals surface area (Å²) < 4.78 is 0. The van der Waals surface area contributed by atoms with Crippen LogP contribution in [0.25, 0.3) is 0 Å². The van der Waals surface area contributed by atoms with Gasteiger partial charge in [0.1, 0.15) is 0 Å². The zero-order valence-electron chi connectivity index (χ0n) is 9.85. The Labute approximate surface area is 79.2 Å². The van der Waals surface area contributed by atoms with Crippen molar-refractivity contribution in [2.75, 3.05) is 13.6 Å². The van der Waals surface area contributed by atoms with Crippen LogP contribution in [0, 0.1) is 0 Å². The maximum atomic E-state index is 2.43. The Morgan fingerprint density at radius 1 is 1.00 bits per heavy atom. The molecule has 1 heteroatoms. The predicted octanol–water partition coefficient (Wildman–Crippen LogP) is 3.54. The Morgan fingerprint density at radius 2 is 1.50 bits per heavy atom. The first-order chi connectivity index (χ1) is 5.80. The Bertz CT molecular complexity index is 61.4. The Kier molecular flexibility index (Phi) is 13.2. The molecule has 12 heavy (non-hydrogen) atoms. The molecule has 0 spiro atoms. The van der Waals surface area contributed by atoms with Crippen LogP contribution in [0.4, 0.5) is 0 Å². The number of piperidine rings is 1. The van der Waals surface area contributed by atoms with Crippen molar-refractivity contribution in [1.82, 2.24) is 4.90 Å².